The number of fused-ring (bicyclic) bond motifs is 2. The van der Waals surface area contributed by atoms with Crippen molar-refractivity contribution >= 4 is 22.7 Å². The van der Waals surface area contributed by atoms with Gasteiger partial charge in [0.25, 0.3) is 0 Å². The van der Waals surface area contributed by atoms with Crippen molar-refractivity contribution in [3.05, 3.63) is 47.4 Å². The van der Waals surface area contributed by atoms with Crippen molar-refractivity contribution in [2.75, 3.05) is 5.32 Å². The lowest BCUT2D eigenvalue weighted by molar-refractivity contribution is -0.605. The minimum Gasteiger partial charge on any atom is -0.619 e. The fraction of sp³-hybridized carbons (Fsp3) is 0.188. The molecular weight excluding hydrogens is 282 g/mol. The Kier molecular flexibility index (Phi) is 2.37. The summed E-state index contributed by atoms with van der Waals surface area (Å²) in [6, 6.07) is 6.98. The fourth-order valence-corrected chi connectivity index (χ4v) is 2.67. The van der Waals surface area contributed by atoms with Crippen LogP contribution in [0.2, 0.25) is 0 Å². The van der Waals surface area contributed by atoms with Crippen molar-refractivity contribution in [3.63, 3.8) is 0 Å². The van der Waals surface area contributed by atoms with Crippen LogP contribution in [0, 0.1) is 5.21 Å². The summed E-state index contributed by atoms with van der Waals surface area (Å²) in [5.41, 5.74) is 3.12. The molecule has 0 fully saturated rings. The number of carbonyl (C=O) groups is 1. The van der Waals surface area contributed by atoms with Gasteiger partial charge in [-0.05, 0) is 25.5 Å². The van der Waals surface area contributed by atoms with Crippen LogP contribution in [0.1, 0.15) is 19.4 Å². The molecule has 0 radical (unpaired) electrons. The Balaban J connectivity index is 1.87. The van der Waals surface area contributed by atoms with Crippen LogP contribution in [0.25, 0.3) is 22.6 Å². The van der Waals surface area contributed by atoms with Gasteiger partial charge in [-0.25, -0.2) is 4.98 Å². The van der Waals surface area contributed by atoms with Crippen LogP contribution in [0.3, 0.4) is 0 Å². The van der Waals surface area contributed by atoms with Crippen LogP contribution in [0.15, 0.2) is 41.1 Å². The standard InChI is InChI=1S/C16H13N3O3/c1-16(2)10-7-12-13(8-11(10)18-15(16)20)22-14(17-12)9-3-5-19(21)6-4-9/h3-8H,1-2H3,(H,18,20). The molecule has 6 nitrogen and oxygen atoms in total. The van der Waals surface area contributed by atoms with Crippen molar-refractivity contribution in [2.45, 2.75) is 19.3 Å². The van der Waals surface area contributed by atoms with Crippen molar-refractivity contribution in [1.29, 1.82) is 0 Å². The van der Waals surface area contributed by atoms with E-state index in [0.717, 1.165) is 16.8 Å². The molecule has 3 heterocycles. The number of pyridine rings is 1. The zero-order chi connectivity index (χ0) is 15.5. The maximum Gasteiger partial charge on any atom is 0.234 e. The fourth-order valence-electron chi connectivity index (χ4n) is 2.67. The van der Waals surface area contributed by atoms with E-state index in [1.54, 1.807) is 18.2 Å². The van der Waals surface area contributed by atoms with Gasteiger partial charge in [-0.2, -0.15) is 4.73 Å². The topological polar surface area (TPSA) is 82.1 Å². The number of rotatable bonds is 1. The third-order valence-electron chi connectivity index (χ3n) is 4.07. The molecule has 6 heteroatoms. The van der Waals surface area contributed by atoms with E-state index < -0.39 is 5.41 Å². The van der Waals surface area contributed by atoms with E-state index in [1.807, 2.05) is 19.9 Å². The smallest absolute Gasteiger partial charge is 0.234 e. The Morgan fingerprint density at radius 1 is 1.27 bits per heavy atom. The zero-order valence-electron chi connectivity index (χ0n) is 12.1. The predicted molar refractivity (Wildman–Crippen MR) is 80.1 cm³/mol. The van der Waals surface area contributed by atoms with Crippen molar-refractivity contribution in [1.82, 2.24) is 4.98 Å². The summed E-state index contributed by atoms with van der Waals surface area (Å²) in [4.78, 5) is 16.4. The lowest BCUT2D eigenvalue weighted by atomic mass is 9.86. The molecule has 0 saturated heterocycles. The molecule has 1 amide bonds. The van der Waals surface area contributed by atoms with Gasteiger partial charge >= 0.3 is 0 Å². The van der Waals surface area contributed by atoms with Crippen LogP contribution in [-0.4, -0.2) is 10.9 Å². The molecule has 0 saturated carbocycles. The summed E-state index contributed by atoms with van der Waals surface area (Å²) >= 11 is 0. The van der Waals surface area contributed by atoms with E-state index in [0.29, 0.717) is 21.7 Å². The Morgan fingerprint density at radius 2 is 2.00 bits per heavy atom. The lowest BCUT2D eigenvalue weighted by Gasteiger charge is -2.14. The molecule has 0 bridgehead atoms. The maximum atomic E-state index is 12.0. The van der Waals surface area contributed by atoms with Crippen LogP contribution >= 0.6 is 0 Å². The molecule has 4 rings (SSSR count). The van der Waals surface area contributed by atoms with E-state index in [-0.39, 0.29) is 5.91 Å². The second kappa shape index (κ2) is 4.07. The van der Waals surface area contributed by atoms with Gasteiger partial charge < -0.3 is 14.9 Å². The van der Waals surface area contributed by atoms with Gasteiger partial charge in [-0.1, -0.05) is 0 Å². The van der Waals surface area contributed by atoms with E-state index in [2.05, 4.69) is 10.3 Å². The van der Waals surface area contributed by atoms with Gasteiger partial charge in [0, 0.05) is 29.4 Å². The van der Waals surface area contributed by atoms with Gasteiger partial charge in [-0.15, -0.1) is 0 Å². The molecule has 1 aliphatic heterocycles. The number of hydrogen-bond donors (Lipinski definition) is 1. The zero-order valence-corrected chi connectivity index (χ0v) is 12.1. The molecule has 22 heavy (non-hydrogen) atoms. The maximum absolute atomic E-state index is 12.0. The number of nitrogens with zero attached hydrogens (tertiary/aromatic N) is 2. The summed E-state index contributed by atoms with van der Waals surface area (Å²) in [6.45, 7) is 3.76. The second-order valence-electron chi connectivity index (χ2n) is 5.91. The molecule has 0 aliphatic carbocycles. The summed E-state index contributed by atoms with van der Waals surface area (Å²) in [6.07, 6.45) is 2.79. The van der Waals surface area contributed by atoms with Crippen molar-refractivity contribution < 1.29 is 13.9 Å². The molecule has 110 valence electrons. The first-order chi connectivity index (χ1) is 10.4. The monoisotopic (exact) mass is 295 g/mol. The van der Waals surface area contributed by atoms with Gasteiger partial charge in [0.15, 0.2) is 18.0 Å². The minimum atomic E-state index is -0.580. The van der Waals surface area contributed by atoms with Crippen molar-refractivity contribution in [3.8, 4) is 11.5 Å². The van der Waals surface area contributed by atoms with Gasteiger partial charge in [0.05, 0.1) is 5.41 Å². The molecular formula is C16H13N3O3. The average Bonchev–Trinajstić information content (AvgIpc) is 2.98. The van der Waals surface area contributed by atoms with E-state index in [1.165, 1.54) is 12.4 Å². The first kappa shape index (κ1) is 12.8. The number of oxazole rings is 1. The van der Waals surface area contributed by atoms with Crippen LogP contribution < -0.4 is 10.0 Å². The molecule has 0 unspecified atom stereocenters. The minimum absolute atomic E-state index is 0.0292. The van der Waals surface area contributed by atoms with Gasteiger partial charge in [-0.3, -0.25) is 4.79 Å². The number of benzene rings is 1. The summed E-state index contributed by atoms with van der Waals surface area (Å²) in [7, 11) is 0. The number of aromatic nitrogens is 2. The second-order valence-corrected chi connectivity index (χ2v) is 5.91. The molecule has 0 spiro atoms. The number of hydrogen-bond acceptors (Lipinski definition) is 4. The Hall–Kier alpha value is -2.89. The first-order valence-corrected chi connectivity index (χ1v) is 6.91. The average molecular weight is 295 g/mol. The number of amides is 1. The third kappa shape index (κ3) is 1.70. The predicted octanol–water partition coefficient (Wildman–Crippen LogP) is 2.36. The summed E-state index contributed by atoms with van der Waals surface area (Å²) in [5.74, 6) is 0.418. The molecule has 0 atom stereocenters. The van der Waals surface area contributed by atoms with Gasteiger partial charge in [0.2, 0.25) is 11.8 Å². The highest BCUT2D eigenvalue weighted by molar-refractivity contribution is 6.07. The quantitative estimate of drug-likeness (QED) is 0.552. The summed E-state index contributed by atoms with van der Waals surface area (Å²) in [5, 5.41) is 14.0. The van der Waals surface area contributed by atoms with Crippen LogP contribution in [0.5, 0.6) is 0 Å². The third-order valence-corrected chi connectivity index (χ3v) is 4.07. The number of nitrogens with one attached hydrogen (secondary N) is 1. The Labute approximate surface area is 126 Å². The molecule has 2 aromatic heterocycles. The Bertz CT molecular complexity index is 910. The van der Waals surface area contributed by atoms with E-state index in [4.69, 9.17) is 4.42 Å². The highest BCUT2D eigenvalue weighted by Gasteiger charge is 2.39. The highest BCUT2D eigenvalue weighted by Crippen LogP contribution is 2.40. The van der Waals surface area contributed by atoms with E-state index in [9.17, 15) is 10.0 Å². The largest absolute Gasteiger partial charge is 0.619 e. The van der Waals surface area contributed by atoms with Crippen molar-refractivity contribution in [2.24, 2.45) is 0 Å². The van der Waals surface area contributed by atoms with E-state index >= 15 is 0 Å². The first-order valence-electron chi connectivity index (χ1n) is 6.91. The highest BCUT2D eigenvalue weighted by atomic mass is 16.5. The molecule has 3 aromatic rings. The Morgan fingerprint density at radius 3 is 2.73 bits per heavy atom. The van der Waals surface area contributed by atoms with Crippen LogP contribution in [-0.2, 0) is 10.2 Å². The summed E-state index contributed by atoms with van der Waals surface area (Å²) < 4.78 is 6.46. The van der Waals surface area contributed by atoms with Crippen LogP contribution in [0.4, 0.5) is 5.69 Å². The normalized spacial score (nSPS) is 15.8. The number of carbonyl (C=O) groups excluding carboxylic acids is 1. The SMILES string of the molecule is CC1(C)C(=O)Nc2cc3oc(-c4cc[n+]([O-])cc4)nc3cc21. The number of anilines is 1. The molecule has 1 N–H and O–H groups in total. The molecule has 1 aromatic carbocycles. The van der Waals surface area contributed by atoms with Gasteiger partial charge in [0.1, 0.15) is 5.52 Å². The lowest BCUT2D eigenvalue weighted by Crippen LogP contribution is -2.26. The molecule has 1 aliphatic rings.